The maximum Gasteiger partial charge on any atom is 0.358 e. The Labute approximate surface area is 78.5 Å². The SMILES string of the molecule is Nc1nc(OCCF)cnc1C(=O)O. The van der Waals surface area contributed by atoms with Crippen LogP contribution in [0.25, 0.3) is 0 Å². The highest BCUT2D eigenvalue weighted by Gasteiger charge is 2.11. The first-order valence-electron chi connectivity index (χ1n) is 3.69. The minimum atomic E-state index is -1.27. The van der Waals surface area contributed by atoms with Crippen LogP contribution >= 0.6 is 0 Å². The number of ether oxygens (including phenoxy) is 1. The summed E-state index contributed by atoms with van der Waals surface area (Å²) in [6.45, 7) is -0.831. The van der Waals surface area contributed by atoms with Gasteiger partial charge in [-0.3, -0.25) is 0 Å². The summed E-state index contributed by atoms with van der Waals surface area (Å²) in [7, 11) is 0. The highest BCUT2D eigenvalue weighted by Crippen LogP contribution is 2.11. The summed E-state index contributed by atoms with van der Waals surface area (Å²) < 4.78 is 16.4. The molecule has 1 heterocycles. The van der Waals surface area contributed by atoms with Crippen LogP contribution < -0.4 is 10.5 Å². The molecule has 6 nitrogen and oxygen atoms in total. The van der Waals surface area contributed by atoms with Crippen molar-refractivity contribution in [3.8, 4) is 5.88 Å². The van der Waals surface area contributed by atoms with Gasteiger partial charge in [0.25, 0.3) is 0 Å². The van der Waals surface area contributed by atoms with Gasteiger partial charge in [-0.2, -0.15) is 4.98 Å². The Morgan fingerprint density at radius 3 is 2.93 bits per heavy atom. The van der Waals surface area contributed by atoms with Crippen molar-refractivity contribution in [2.45, 2.75) is 0 Å². The maximum absolute atomic E-state index is 11.7. The molecule has 0 atom stereocenters. The average Bonchev–Trinajstić information content (AvgIpc) is 2.14. The third kappa shape index (κ3) is 2.28. The van der Waals surface area contributed by atoms with E-state index >= 15 is 0 Å². The number of hydrogen-bond donors (Lipinski definition) is 2. The van der Waals surface area contributed by atoms with Crippen LogP contribution in [0.3, 0.4) is 0 Å². The molecule has 0 aromatic carbocycles. The summed E-state index contributed by atoms with van der Waals surface area (Å²) in [5.41, 5.74) is 4.92. The molecule has 0 saturated carbocycles. The minimum absolute atomic E-state index is 0.00477. The Hall–Kier alpha value is -1.92. The number of halogens is 1. The van der Waals surface area contributed by atoms with Crippen LogP contribution in [0, 0.1) is 0 Å². The summed E-state index contributed by atoms with van der Waals surface area (Å²) in [6.07, 6.45) is 1.08. The topological polar surface area (TPSA) is 98.3 Å². The third-order valence-electron chi connectivity index (χ3n) is 1.31. The molecule has 0 radical (unpaired) electrons. The number of anilines is 1. The molecule has 14 heavy (non-hydrogen) atoms. The van der Waals surface area contributed by atoms with E-state index in [1.807, 2.05) is 0 Å². The average molecular weight is 201 g/mol. The number of alkyl halides is 1. The van der Waals surface area contributed by atoms with Crippen LogP contribution in [0.4, 0.5) is 10.2 Å². The zero-order valence-corrected chi connectivity index (χ0v) is 7.11. The summed E-state index contributed by atoms with van der Waals surface area (Å²) in [5, 5.41) is 8.55. The molecule has 0 aliphatic heterocycles. The Morgan fingerprint density at radius 1 is 1.71 bits per heavy atom. The van der Waals surface area contributed by atoms with E-state index in [2.05, 4.69) is 9.97 Å². The largest absolute Gasteiger partial charge is 0.476 e. The van der Waals surface area contributed by atoms with E-state index in [0.29, 0.717) is 0 Å². The Bertz CT molecular complexity index is 345. The van der Waals surface area contributed by atoms with Gasteiger partial charge in [-0.1, -0.05) is 0 Å². The van der Waals surface area contributed by atoms with E-state index in [9.17, 15) is 9.18 Å². The molecule has 0 saturated heterocycles. The lowest BCUT2D eigenvalue weighted by Crippen LogP contribution is -2.09. The number of rotatable bonds is 4. The molecular weight excluding hydrogens is 193 g/mol. The van der Waals surface area contributed by atoms with Crippen LogP contribution in [0.5, 0.6) is 5.88 Å². The molecule has 0 amide bonds. The molecular formula is C7H8FN3O3. The van der Waals surface area contributed by atoms with Crippen molar-refractivity contribution in [3.63, 3.8) is 0 Å². The van der Waals surface area contributed by atoms with Gasteiger partial charge in [0, 0.05) is 0 Å². The third-order valence-corrected chi connectivity index (χ3v) is 1.31. The lowest BCUT2D eigenvalue weighted by atomic mass is 10.4. The quantitative estimate of drug-likeness (QED) is 0.717. The molecule has 0 bridgehead atoms. The first kappa shape index (κ1) is 10.2. The zero-order valence-electron chi connectivity index (χ0n) is 7.11. The second kappa shape index (κ2) is 4.35. The Kier molecular flexibility index (Phi) is 3.16. The predicted octanol–water partition coefficient (Wildman–Crippen LogP) is 0.105. The van der Waals surface area contributed by atoms with Gasteiger partial charge >= 0.3 is 5.97 Å². The summed E-state index contributed by atoms with van der Waals surface area (Å²) >= 11 is 0. The van der Waals surface area contributed by atoms with E-state index in [1.165, 1.54) is 0 Å². The van der Waals surface area contributed by atoms with Crippen molar-refractivity contribution in [1.29, 1.82) is 0 Å². The van der Waals surface area contributed by atoms with E-state index in [4.69, 9.17) is 15.6 Å². The normalized spacial score (nSPS) is 9.79. The van der Waals surface area contributed by atoms with Crippen molar-refractivity contribution in [1.82, 2.24) is 9.97 Å². The van der Waals surface area contributed by atoms with Gasteiger partial charge in [0.2, 0.25) is 5.88 Å². The number of nitrogen functional groups attached to an aromatic ring is 1. The van der Waals surface area contributed by atoms with Crippen LogP contribution in [0.2, 0.25) is 0 Å². The second-order valence-electron chi connectivity index (χ2n) is 2.28. The summed E-state index contributed by atoms with van der Waals surface area (Å²) in [5.74, 6) is -1.52. The van der Waals surface area contributed by atoms with Gasteiger partial charge in [0.05, 0.1) is 6.20 Å². The molecule has 0 aliphatic rings. The zero-order chi connectivity index (χ0) is 10.6. The van der Waals surface area contributed by atoms with Crippen molar-refractivity contribution in [2.75, 3.05) is 19.0 Å². The molecule has 0 fully saturated rings. The number of carboxylic acids is 1. The number of nitrogens with two attached hydrogens (primary N) is 1. The number of hydrogen-bond acceptors (Lipinski definition) is 5. The monoisotopic (exact) mass is 201 g/mol. The summed E-state index contributed by atoms with van der Waals surface area (Å²) in [6, 6.07) is 0. The van der Waals surface area contributed by atoms with Crippen LogP contribution in [-0.2, 0) is 0 Å². The van der Waals surface area contributed by atoms with Crippen molar-refractivity contribution in [2.24, 2.45) is 0 Å². The number of carboxylic acid groups (broad SMARTS) is 1. The van der Waals surface area contributed by atoms with Crippen molar-refractivity contribution >= 4 is 11.8 Å². The number of aromatic nitrogens is 2. The highest BCUT2D eigenvalue weighted by atomic mass is 19.1. The molecule has 1 rings (SSSR count). The molecule has 7 heteroatoms. The number of aromatic carboxylic acids is 1. The Balaban J connectivity index is 2.83. The van der Waals surface area contributed by atoms with E-state index < -0.39 is 12.6 Å². The minimum Gasteiger partial charge on any atom is -0.476 e. The van der Waals surface area contributed by atoms with Crippen molar-refractivity contribution in [3.05, 3.63) is 11.9 Å². The van der Waals surface area contributed by atoms with E-state index in [1.54, 1.807) is 0 Å². The standard InChI is InChI=1S/C7H8FN3O3/c8-1-2-14-4-3-10-5(7(12)13)6(9)11-4/h3H,1-2H2,(H2,9,11)(H,12,13). The second-order valence-corrected chi connectivity index (χ2v) is 2.28. The molecule has 0 spiro atoms. The predicted molar refractivity (Wildman–Crippen MR) is 44.9 cm³/mol. The fourth-order valence-electron chi connectivity index (χ4n) is 0.764. The summed E-state index contributed by atoms with van der Waals surface area (Å²) in [4.78, 5) is 17.5. The van der Waals surface area contributed by atoms with Crippen LogP contribution in [0.15, 0.2) is 6.20 Å². The first-order valence-corrected chi connectivity index (χ1v) is 3.69. The molecule has 0 aliphatic carbocycles. The van der Waals surface area contributed by atoms with Gasteiger partial charge in [-0.25, -0.2) is 14.2 Å². The Morgan fingerprint density at radius 2 is 2.43 bits per heavy atom. The number of nitrogens with zero attached hydrogens (tertiary/aromatic N) is 2. The fourth-order valence-corrected chi connectivity index (χ4v) is 0.764. The molecule has 0 unspecified atom stereocenters. The van der Waals surface area contributed by atoms with Crippen molar-refractivity contribution < 1.29 is 19.0 Å². The molecule has 3 N–H and O–H groups in total. The first-order chi connectivity index (χ1) is 6.65. The van der Waals surface area contributed by atoms with Crippen LogP contribution in [-0.4, -0.2) is 34.3 Å². The van der Waals surface area contributed by atoms with E-state index in [-0.39, 0.29) is 24.0 Å². The smallest absolute Gasteiger partial charge is 0.358 e. The van der Waals surface area contributed by atoms with Gasteiger partial charge in [-0.15, -0.1) is 0 Å². The number of carbonyl (C=O) groups is 1. The van der Waals surface area contributed by atoms with Gasteiger partial charge < -0.3 is 15.6 Å². The van der Waals surface area contributed by atoms with Gasteiger partial charge in [-0.05, 0) is 0 Å². The molecule has 1 aromatic rings. The maximum atomic E-state index is 11.7. The van der Waals surface area contributed by atoms with Gasteiger partial charge in [0.1, 0.15) is 13.3 Å². The van der Waals surface area contributed by atoms with E-state index in [0.717, 1.165) is 6.20 Å². The lowest BCUT2D eigenvalue weighted by Gasteiger charge is -2.03. The fraction of sp³-hybridized carbons (Fsp3) is 0.286. The highest BCUT2D eigenvalue weighted by molar-refractivity contribution is 5.90. The van der Waals surface area contributed by atoms with Crippen LogP contribution in [0.1, 0.15) is 10.5 Å². The molecule has 1 aromatic heterocycles. The molecule has 76 valence electrons. The van der Waals surface area contributed by atoms with Gasteiger partial charge in [0.15, 0.2) is 11.5 Å². The lowest BCUT2D eigenvalue weighted by molar-refractivity contribution is 0.0691.